The van der Waals surface area contributed by atoms with Crippen LogP contribution in [0.5, 0.6) is 0 Å². The molecule has 0 saturated heterocycles. The quantitative estimate of drug-likeness (QED) is 0.925. The Morgan fingerprint density at radius 3 is 2.41 bits per heavy atom. The summed E-state index contributed by atoms with van der Waals surface area (Å²) in [7, 11) is 0. The summed E-state index contributed by atoms with van der Waals surface area (Å²) in [6.45, 7) is 0. The van der Waals surface area contributed by atoms with Gasteiger partial charge in [0, 0.05) is 18.4 Å². The van der Waals surface area contributed by atoms with Crippen molar-refractivity contribution in [3.8, 4) is 17.2 Å². The van der Waals surface area contributed by atoms with E-state index in [0.717, 1.165) is 16.8 Å². The second kappa shape index (κ2) is 5.78. The van der Waals surface area contributed by atoms with E-state index in [9.17, 15) is 9.18 Å². The van der Waals surface area contributed by atoms with Crippen molar-refractivity contribution < 1.29 is 9.18 Å². The van der Waals surface area contributed by atoms with Gasteiger partial charge in [-0.15, -0.1) is 0 Å². The molecular weight excluding hydrogens is 281 g/mol. The van der Waals surface area contributed by atoms with E-state index < -0.39 is 5.82 Å². The standard InChI is InChI=1S/C17H12FN3O/c18-15-9-11(10-19)1-6-14(15)12-2-4-13(5-3-12)16-7-8-17(22)21-20-16/h1-6,9H,7-8H2,(H,21,22). The Kier molecular flexibility index (Phi) is 3.67. The van der Waals surface area contributed by atoms with Crippen LogP contribution in [0.1, 0.15) is 24.0 Å². The van der Waals surface area contributed by atoms with Gasteiger partial charge in [-0.2, -0.15) is 10.4 Å². The maximum absolute atomic E-state index is 14.0. The van der Waals surface area contributed by atoms with Gasteiger partial charge in [0.25, 0.3) is 0 Å². The molecule has 1 heterocycles. The number of hydrazone groups is 1. The van der Waals surface area contributed by atoms with E-state index in [1.165, 1.54) is 6.07 Å². The fourth-order valence-electron chi connectivity index (χ4n) is 2.34. The largest absolute Gasteiger partial charge is 0.273 e. The van der Waals surface area contributed by atoms with Crippen LogP contribution >= 0.6 is 0 Å². The molecule has 2 aromatic carbocycles. The van der Waals surface area contributed by atoms with E-state index in [4.69, 9.17) is 5.26 Å². The number of halogens is 1. The molecule has 108 valence electrons. The summed E-state index contributed by atoms with van der Waals surface area (Å²) in [6, 6.07) is 13.6. The summed E-state index contributed by atoms with van der Waals surface area (Å²) < 4.78 is 14.0. The van der Waals surface area contributed by atoms with Crippen LogP contribution in [0, 0.1) is 17.1 Å². The predicted molar refractivity (Wildman–Crippen MR) is 80.5 cm³/mol. The molecule has 0 aliphatic carbocycles. The third-order valence-electron chi connectivity index (χ3n) is 3.53. The highest BCUT2D eigenvalue weighted by atomic mass is 19.1. The zero-order valence-electron chi connectivity index (χ0n) is 11.6. The van der Waals surface area contributed by atoms with E-state index >= 15 is 0 Å². The van der Waals surface area contributed by atoms with Crippen LogP contribution < -0.4 is 5.43 Å². The second-order valence-electron chi connectivity index (χ2n) is 4.98. The van der Waals surface area contributed by atoms with Crippen LogP contribution in [0.25, 0.3) is 11.1 Å². The van der Waals surface area contributed by atoms with Gasteiger partial charge in [-0.05, 0) is 23.3 Å². The first-order chi connectivity index (χ1) is 10.7. The number of amides is 1. The van der Waals surface area contributed by atoms with E-state index in [1.807, 2.05) is 18.2 Å². The molecule has 0 spiro atoms. The summed E-state index contributed by atoms with van der Waals surface area (Å²) in [5.41, 5.74) is 5.64. The third-order valence-corrected chi connectivity index (χ3v) is 3.53. The fourth-order valence-corrected chi connectivity index (χ4v) is 2.34. The second-order valence-corrected chi connectivity index (χ2v) is 4.98. The Bertz CT molecular complexity index is 804. The molecule has 0 bridgehead atoms. The smallest absolute Gasteiger partial charge is 0.240 e. The molecule has 0 aromatic heterocycles. The first-order valence-electron chi connectivity index (χ1n) is 6.83. The zero-order valence-corrected chi connectivity index (χ0v) is 11.6. The first-order valence-corrected chi connectivity index (χ1v) is 6.83. The number of nitrogens with zero attached hydrogens (tertiary/aromatic N) is 2. The molecule has 2 aromatic rings. The first kappa shape index (κ1) is 14.0. The normalized spacial score (nSPS) is 14.0. The van der Waals surface area contributed by atoms with Gasteiger partial charge in [0.1, 0.15) is 5.82 Å². The molecule has 0 radical (unpaired) electrons. The summed E-state index contributed by atoms with van der Waals surface area (Å²) in [5, 5.41) is 12.8. The molecule has 22 heavy (non-hydrogen) atoms. The van der Waals surface area contributed by atoms with E-state index in [1.54, 1.807) is 24.3 Å². The summed E-state index contributed by atoms with van der Waals surface area (Å²) in [5.74, 6) is -0.505. The van der Waals surface area contributed by atoms with Crippen LogP contribution in [0.15, 0.2) is 47.6 Å². The van der Waals surface area contributed by atoms with Crippen molar-refractivity contribution in [1.29, 1.82) is 5.26 Å². The molecule has 1 N–H and O–H groups in total. The van der Waals surface area contributed by atoms with E-state index in [2.05, 4.69) is 10.5 Å². The number of hydrogen-bond donors (Lipinski definition) is 1. The van der Waals surface area contributed by atoms with Crippen molar-refractivity contribution in [2.75, 3.05) is 0 Å². The molecular formula is C17H12FN3O. The Morgan fingerprint density at radius 2 is 1.82 bits per heavy atom. The topological polar surface area (TPSA) is 65.2 Å². The van der Waals surface area contributed by atoms with Gasteiger partial charge in [0.15, 0.2) is 0 Å². The maximum Gasteiger partial charge on any atom is 0.240 e. The molecule has 1 amide bonds. The van der Waals surface area contributed by atoms with Crippen molar-refractivity contribution in [3.63, 3.8) is 0 Å². The molecule has 0 unspecified atom stereocenters. The van der Waals surface area contributed by atoms with Crippen molar-refractivity contribution in [2.45, 2.75) is 12.8 Å². The lowest BCUT2D eigenvalue weighted by Gasteiger charge is -2.12. The van der Waals surface area contributed by atoms with Crippen molar-refractivity contribution >= 4 is 11.6 Å². The van der Waals surface area contributed by atoms with Crippen LogP contribution in [0.4, 0.5) is 4.39 Å². The Balaban J connectivity index is 1.89. The third kappa shape index (κ3) is 2.72. The number of carbonyl (C=O) groups is 1. The SMILES string of the molecule is N#Cc1ccc(-c2ccc(C3=NNC(=O)CC3)cc2)c(F)c1. The van der Waals surface area contributed by atoms with Gasteiger partial charge in [0.2, 0.25) is 5.91 Å². The minimum Gasteiger partial charge on any atom is -0.273 e. The van der Waals surface area contributed by atoms with Crippen LogP contribution in [-0.4, -0.2) is 11.6 Å². The van der Waals surface area contributed by atoms with Gasteiger partial charge >= 0.3 is 0 Å². The van der Waals surface area contributed by atoms with Gasteiger partial charge < -0.3 is 0 Å². The lowest BCUT2D eigenvalue weighted by Crippen LogP contribution is -2.25. The van der Waals surface area contributed by atoms with E-state index in [0.29, 0.717) is 24.0 Å². The van der Waals surface area contributed by atoms with Crippen molar-refractivity contribution in [2.24, 2.45) is 5.10 Å². The monoisotopic (exact) mass is 293 g/mol. The molecule has 0 fully saturated rings. The molecule has 1 aliphatic rings. The predicted octanol–water partition coefficient (Wildman–Crippen LogP) is 2.98. The van der Waals surface area contributed by atoms with E-state index in [-0.39, 0.29) is 5.91 Å². The molecule has 3 rings (SSSR count). The minimum atomic E-state index is -0.422. The summed E-state index contributed by atoms with van der Waals surface area (Å²) in [4.78, 5) is 11.1. The van der Waals surface area contributed by atoms with Crippen LogP contribution in [0.3, 0.4) is 0 Å². The molecule has 4 nitrogen and oxygen atoms in total. The Labute approximate surface area is 126 Å². The highest BCUT2D eigenvalue weighted by Gasteiger charge is 2.13. The Hall–Kier alpha value is -3.00. The number of nitrogens with one attached hydrogen (secondary N) is 1. The summed E-state index contributed by atoms with van der Waals surface area (Å²) >= 11 is 0. The number of hydrogen-bond acceptors (Lipinski definition) is 3. The van der Waals surface area contributed by atoms with Crippen LogP contribution in [-0.2, 0) is 4.79 Å². The van der Waals surface area contributed by atoms with Crippen LogP contribution in [0.2, 0.25) is 0 Å². The van der Waals surface area contributed by atoms with Crippen molar-refractivity contribution in [1.82, 2.24) is 5.43 Å². The van der Waals surface area contributed by atoms with Gasteiger partial charge in [0.05, 0.1) is 17.3 Å². The zero-order chi connectivity index (χ0) is 15.5. The van der Waals surface area contributed by atoms with Gasteiger partial charge in [-0.25, -0.2) is 9.82 Å². The Morgan fingerprint density at radius 1 is 1.09 bits per heavy atom. The minimum absolute atomic E-state index is 0.0833. The molecule has 1 aliphatic heterocycles. The van der Waals surface area contributed by atoms with Gasteiger partial charge in [-0.3, -0.25) is 4.79 Å². The lowest BCUT2D eigenvalue weighted by atomic mass is 9.99. The lowest BCUT2D eigenvalue weighted by molar-refractivity contribution is -0.121. The number of rotatable bonds is 2. The number of benzene rings is 2. The van der Waals surface area contributed by atoms with Crippen molar-refractivity contribution in [3.05, 3.63) is 59.4 Å². The average Bonchev–Trinajstić information content (AvgIpc) is 2.56. The number of nitriles is 1. The molecule has 0 saturated carbocycles. The maximum atomic E-state index is 14.0. The average molecular weight is 293 g/mol. The fraction of sp³-hybridized carbons (Fsp3) is 0.118. The molecule has 0 atom stereocenters. The molecule has 5 heteroatoms. The number of carbonyl (C=O) groups excluding carboxylic acids is 1. The highest BCUT2D eigenvalue weighted by molar-refractivity contribution is 6.04. The summed E-state index contributed by atoms with van der Waals surface area (Å²) in [6.07, 6.45) is 1.02. The highest BCUT2D eigenvalue weighted by Crippen LogP contribution is 2.24. The van der Waals surface area contributed by atoms with Gasteiger partial charge in [-0.1, -0.05) is 30.3 Å².